The molecule has 1 aromatic rings. The first kappa shape index (κ1) is 10.4. The molecule has 1 saturated carbocycles. The fraction of sp³-hybridized carbons (Fsp3) is 0.438. The average Bonchev–Trinajstić information content (AvgIpc) is 2.77. The summed E-state index contributed by atoms with van der Waals surface area (Å²) in [5, 5.41) is 0. The Morgan fingerprint density at radius 1 is 1.17 bits per heavy atom. The first-order valence-corrected chi connectivity index (χ1v) is 6.84. The number of rotatable bonds is 0. The third-order valence-electron chi connectivity index (χ3n) is 4.90. The molecule has 4 atom stereocenters. The van der Waals surface area contributed by atoms with Crippen molar-refractivity contribution in [2.75, 3.05) is 4.90 Å². The Morgan fingerprint density at radius 3 is 2.61 bits per heavy atom. The summed E-state index contributed by atoms with van der Waals surface area (Å²) in [6.45, 7) is 1.70. The minimum atomic E-state index is 0.191. The van der Waals surface area contributed by atoms with Gasteiger partial charge >= 0.3 is 0 Å². The van der Waals surface area contributed by atoms with Crippen molar-refractivity contribution in [1.82, 2.24) is 0 Å². The van der Waals surface area contributed by atoms with Crippen molar-refractivity contribution < 1.29 is 4.79 Å². The second-order valence-electron chi connectivity index (χ2n) is 5.75. The molecule has 0 unspecified atom stereocenters. The third-order valence-corrected chi connectivity index (χ3v) is 4.90. The Labute approximate surface area is 107 Å². The van der Waals surface area contributed by atoms with Crippen LogP contribution in [-0.2, 0) is 4.79 Å². The van der Waals surface area contributed by atoms with Crippen LogP contribution in [0.1, 0.15) is 31.2 Å². The van der Waals surface area contributed by atoms with Crippen molar-refractivity contribution in [2.45, 2.75) is 31.7 Å². The minimum Gasteiger partial charge on any atom is -0.308 e. The Balaban J connectivity index is 1.92. The molecule has 2 bridgehead atoms. The number of amides is 1. The molecule has 2 heteroatoms. The van der Waals surface area contributed by atoms with E-state index in [1.54, 1.807) is 6.92 Å². The van der Waals surface area contributed by atoms with Gasteiger partial charge in [0.2, 0.25) is 5.91 Å². The zero-order valence-corrected chi connectivity index (χ0v) is 10.5. The maximum absolute atomic E-state index is 12.0. The van der Waals surface area contributed by atoms with Gasteiger partial charge < -0.3 is 4.90 Å². The molecule has 4 aliphatic rings. The molecule has 1 fully saturated rings. The summed E-state index contributed by atoms with van der Waals surface area (Å²) < 4.78 is 0. The molecule has 1 aliphatic heterocycles. The van der Waals surface area contributed by atoms with Gasteiger partial charge in [0, 0.05) is 18.5 Å². The van der Waals surface area contributed by atoms with Crippen LogP contribution < -0.4 is 4.90 Å². The van der Waals surface area contributed by atoms with Crippen LogP contribution in [0.25, 0.3) is 0 Å². The van der Waals surface area contributed by atoms with Gasteiger partial charge in [-0.2, -0.15) is 0 Å². The number of anilines is 1. The second-order valence-corrected chi connectivity index (χ2v) is 5.75. The lowest BCUT2D eigenvalue weighted by molar-refractivity contribution is -0.117. The van der Waals surface area contributed by atoms with Crippen LogP contribution in [0.4, 0.5) is 5.69 Å². The fourth-order valence-electron chi connectivity index (χ4n) is 4.26. The normalized spacial score (nSPS) is 35.5. The number of nitrogens with zero attached hydrogens (tertiary/aromatic N) is 1. The molecule has 0 aromatic heterocycles. The van der Waals surface area contributed by atoms with Crippen molar-refractivity contribution >= 4 is 11.6 Å². The van der Waals surface area contributed by atoms with Crippen LogP contribution in [-0.4, -0.2) is 11.9 Å². The maximum Gasteiger partial charge on any atom is 0.224 e. The highest BCUT2D eigenvalue weighted by molar-refractivity contribution is 5.95. The van der Waals surface area contributed by atoms with E-state index in [9.17, 15) is 4.79 Å². The Bertz CT molecular complexity index is 548. The van der Waals surface area contributed by atoms with Crippen LogP contribution in [0.5, 0.6) is 0 Å². The van der Waals surface area contributed by atoms with Gasteiger partial charge in [-0.1, -0.05) is 30.4 Å². The number of hydrogen-bond donors (Lipinski definition) is 0. The topological polar surface area (TPSA) is 20.3 Å². The van der Waals surface area contributed by atoms with E-state index in [2.05, 4.69) is 35.3 Å². The lowest BCUT2D eigenvalue weighted by Crippen LogP contribution is -2.48. The van der Waals surface area contributed by atoms with Gasteiger partial charge in [-0.15, -0.1) is 0 Å². The quantitative estimate of drug-likeness (QED) is 0.637. The van der Waals surface area contributed by atoms with Gasteiger partial charge in [0.15, 0.2) is 0 Å². The van der Waals surface area contributed by atoms with Gasteiger partial charge in [0.1, 0.15) is 0 Å². The molecule has 0 radical (unpaired) electrons. The summed E-state index contributed by atoms with van der Waals surface area (Å²) in [7, 11) is 0. The molecule has 18 heavy (non-hydrogen) atoms. The van der Waals surface area contributed by atoms with Crippen molar-refractivity contribution in [3.8, 4) is 0 Å². The number of fused-ring (bicyclic) bond motifs is 2. The summed E-state index contributed by atoms with van der Waals surface area (Å²) >= 11 is 0. The Hall–Kier alpha value is -1.57. The molecule has 1 aromatic carbocycles. The molecule has 1 amide bonds. The van der Waals surface area contributed by atoms with Crippen LogP contribution >= 0.6 is 0 Å². The van der Waals surface area contributed by atoms with Gasteiger partial charge in [-0.25, -0.2) is 0 Å². The number of para-hydroxylation sites is 1. The summed E-state index contributed by atoms with van der Waals surface area (Å²) in [6.07, 6.45) is 7.25. The predicted molar refractivity (Wildman–Crippen MR) is 71.5 cm³/mol. The zero-order valence-electron chi connectivity index (χ0n) is 10.5. The lowest BCUT2D eigenvalue weighted by atomic mass is 9.65. The van der Waals surface area contributed by atoms with E-state index in [1.165, 1.54) is 18.4 Å². The molecule has 0 N–H and O–H groups in total. The highest BCUT2D eigenvalue weighted by Crippen LogP contribution is 2.55. The number of carbonyl (C=O) groups is 1. The van der Waals surface area contributed by atoms with Crippen molar-refractivity contribution in [2.24, 2.45) is 11.8 Å². The lowest BCUT2D eigenvalue weighted by Gasteiger charge is -2.44. The van der Waals surface area contributed by atoms with Crippen molar-refractivity contribution in [3.05, 3.63) is 42.0 Å². The molecule has 92 valence electrons. The second kappa shape index (κ2) is 3.47. The molecule has 3 aliphatic carbocycles. The van der Waals surface area contributed by atoms with Gasteiger partial charge in [0.05, 0.1) is 6.04 Å². The van der Waals surface area contributed by atoms with Crippen molar-refractivity contribution in [3.63, 3.8) is 0 Å². The highest BCUT2D eigenvalue weighted by Gasteiger charge is 2.50. The van der Waals surface area contributed by atoms with E-state index in [4.69, 9.17) is 0 Å². The van der Waals surface area contributed by atoms with Gasteiger partial charge in [-0.05, 0) is 36.3 Å². The zero-order chi connectivity index (χ0) is 12.3. The standard InChI is InChI=1S/C16H17NO/c1-10(18)17-14-5-3-2-4-13(14)15-11-6-8-12(9-7-11)16(15)17/h2-6,8,11-12,15-16H,7,9H2,1H3/t11-,12+,15+,16+/m0/s1. The van der Waals surface area contributed by atoms with E-state index < -0.39 is 0 Å². The monoisotopic (exact) mass is 239 g/mol. The van der Waals surface area contributed by atoms with Crippen LogP contribution in [0.15, 0.2) is 36.4 Å². The van der Waals surface area contributed by atoms with Crippen LogP contribution in [0.3, 0.4) is 0 Å². The molecule has 0 saturated heterocycles. The summed E-state index contributed by atoms with van der Waals surface area (Å²) in [4.78, 5) is 14.1. The fourth-order valence-corrected chi connectivity index (χ4v) is 4.26. The minimum absolute atomic E-state index is 0.191. The Morgan fingerprint density at radius 2 is 1.89 bits per heavy atom. The first-order chi connectivity index (χ1) is 8.77. The summed E-state index contributed by atoms with van der Waals surface area (Å²) in [6, 6.07) is 8.84. The summed E-state index contributed by atoms with van der Waals surface area (Å²) in [5.74, 6) is 1.91. The number of carbonyl (C=O) groups excluding carboxylic acids is 1. The van der Waals surface area contributed by atoms with E-state index in [-0.39, 0.29) is 5.91 Å². The number of allylic oxidation sites excluding steroid dienone is 1. The number of benzene rings is 1. The predicted octanol–water partition coefficient (Wildman–Crippen LogP) is 3.10. The molecule has 5 rings (SSSR count). The molecular weight excluding hydrogens is 222 g/mol. The van der Waals surface area contributed by atoms with E-state index in [1.807, 2.05) is 6.07 Å². The smallest absolute Gasteiger partial charge is 0.224 e. The molecule has 1 heterocycles. The largest absolute Gasteiger partial charge is 0.308 e. The van der Waals surface area contributed by atoms with Gasteiger partial charge in [0.25, 0.3) is 0 Å². The van der Waals surface area contributed by atoms with E-state index >= 15 is 0 Å². The molecular formula is C16H17NO. The van der Waals surface area contributed by atoms with Crippen LogP contribution in [0.2, 0.25) is 0 Å². The molecule has 2 nitrogen and oxygen atoms in total. The maximum atomic E-state index is 12.0. The van der Waals surface area contributed by atoms with Gasteiger partial charge in [-0.3, -0.25) is 4.79 Å². The average molecular weight is 239 g/mol. The van der Waals surface area contributed by atoms with E-state index in [0.717, 1.165) is 5.69 Å². The van der Waals surface area contributed by atoms with Crippen LogP contribution in [0, 0.1) is 11.8 Å². The summed E-state index contributed by atoms with van der Waals surface area (Å²) in [5.41, 5.74) is 2.54. The SMILES string of the molecule is CC(=O)N1c2ccccc2[C@@H]2[C@H]1[C@@H]1C=C[C@H]2CC1. The number of hydrogen-bond acceptors (Lipinski definition) is 1. The highest BCUT2D eigenvalue weighted by atomic mass is 16.2. The Kier molecular flexibility index (Phi) is 2.00. The van der Waals surface area contributed by atoms with Crippen molar-refractivity contribution in [1.29, 1.82) is 0 Å². The van der Waals surface area contributed by atoms with E-state index in [0.29, 0.717) is 23.8 Å². The molecule has 0 spiro atoms. The first-order valence-electron chi connectivity index (χ1n) is 6.84. The third kappa shape index (κ3) is 1.16.